The van der Waals surface area contributed by atoms with Crippen LogP contribution < -0.4 is 10.6 Å². The van der Waals surface area contributed by atoms with E-state index < -0.39 is 0 Å². The molecule has 17 heavy (non-hydrogen) atoms. The molecule has 0 aromatic rings. The van der Waals surface area contributed by atoms with Crippen molar-refractivity contribution in [3.63, 3.8) is 0 Å². The van der Waals surface area contributed by atoms with E-state index >= 15 is 0 Å². The maximum absolute atomic E-state index is 11.4. The molecule has 1 rings (SSSR count). The minimum absolute atomic E-state index is 0.0485. The van der Waals surface area contributed by atoms with Gasteiger partial charge in [-0.3, -0.25) is 9.59 Å². The van der Waals surface area contributed by atoms with Crippen molar-refractivity contribution in [3.05, 3.63) is 0 Å². The Morgan fingerprint density at radius 3 is 2.47 bits per heavy atom. The fourth-order valence-electron chi connectivity index (χ4n) is 1.59. The SMILES string of the molecule is COC(=O)C(NCCC(=O)NC1CC1)C(C)C. The molecule has 0 spiro atoms. The Kier molecular flexibility index (Phi) is 5.41. The van der Waals surface area contributed by atoms with E-state index in [0.29, 0.717) is 19.0 Å². The van der Waals surface area contributed by atoms with E-state index in [-0.39, 0.29) is 23.8 Å². The van der Waals surface area contributed by atoms with E-state index in [1.165, 1.54) is 7.11 Å². The Hall–Kier alpha value is -1.10. The summed E-state index contributed by atoms with van der Waals surface area (Å²) in [6.07, 6.45) is 2.59. The smallest absolute Gasteiger partial charge is 0.323 e. The Morgan fingerprint density at radius 2 is 2.00 bits per heavy atom. The van der Waals surface area contributed by atoms with Gasteiger partial charge in [0.15, 0.2) is 0 Å². The second-order valence-electron chi connectivity index (χ2n) is 4.79. The summed E-state index contributed by atoms with van der Waals surface area (Å²) in [5.41, 5.74) is 0. The molecule has 1 aliphatic carbocycles. The number of ether oxygens (including phenoxy) is 1. The quantitative estimate of drug-likeness (QED) is 0.636. The van der Waals surface area contributed by atoms with Gasteiger partial charge in [0, 0.05) is 19.0 Å². The Labute approximate surface area is 102 Å². The third-order valence-corrected chi connectivity index (χ3v) is 2.78. The first-order valence-electron chi connectivity index (χ1n) is 6.15. The highest BCUT2D eigenvalue weighted by molar-refractivity contribution is 5.77. The average molecular weight is 242 g/mol. The predicted octanol–water partition coefficient (Wildman–Crippen LogP) is 0.442. The maximum Gasteiger partial charge on any atom is 0.323 e. The zero-order valence-electron chi connectivity index (χ0n) is 10.8. The van der Waals surface area contributed by atoms with Gasteiger partial charge in [0.1, 0.15) is 6.04 Å². The molecule has 98 valence electrons. The summed E-state index contributed by atoms with van der Waals surface area (Å²) in [5, 5.41) is 5.96. The minimum atomic E-state index is -0.339. The predicted molar refractivity (Wildman–Crippen MR) is 64.4 cm³/mol. The first-order chi connectivity index (χ1) is 8.04. The molecule has 5 heteroatoms. The molecule has 1 saturated carbocycles. The molecule has 5 nitrogen and oxygen atoms in total. The third kappa shape index (κ3) is 5.17. The minimum Gasteiger partial charge on any atom is -0.468 e. The Morgan fingerprint density at radius 1 is 1.35 bits per heavy atom. The van der Waals surface area contributed by atoms with E-state index in [9.17, 15) is 9.59 Å². The summed E-state index contributed by atoms with van der Waals surface area (Å²) in [6, 6.07) is 0.0535. The second kappa shape index (κ2) is 6.59. The second-order valence-corrected chi connectivity index (χ2v) is 4.79. The number of hydrogen-bond donors (Lipinski definition) is 2. The zero-order chi connectivity index (χ0) is 12.8. The van der Waals surface area contributed by atoms with Crippen LogP contribution in [0.3, 0.4) is 0 Å². The molecule has 1 aliphatic rings. The van der Waals surface area contributed by atoms with Gasteiger partial charge in [-0.25, -0.2) is 0 Å². The molecule has 0 radical (unpaired) electrons. The highest BCUT2D eigenvalue weighted by Crippen LogP contribution is 2.18. The number of amides is 1. The summed E-state index contributed by atoms with van der Waals surface area (Å²) < 4.78 is 4.70. The third-order valence-electron chi connectivity index (χ3n) is 2.78. The van der Waals surface area contributed by atoms with Gasteiger partial charge < -0.3 is 15.4 Å². The van der Waals surface area contributed by atoms with Crippen LogP contribution >= 0.6 is 0 Å². The van der Waals surface area contributed by atoms with Crippen molar-refractivity contribution in [2.24, 2.45) is 5.92 Å². The summed E-state index contributed by atoms with van der Waals surface area (Å²) in [5.74, 6) is -0.0797. The van der Waals surface area contributed by atoms with Crippen molar-refractivity contribution < 1.29 is 14.3 Å². The van der Waals surface area contributed by atoms with Gasteiger partial charge in [0.05, 0.1) is 7.11 Å². The standard InChI is InChI=1S/C12H22N2O3/c1-8(2)11(12(16)17-3)13-7-6-10(15)14-9-4-5-9/h8-9,11,13H,4-7H2,1-3H3,(H,14,15). The van der Waals surface area contributed by atoms with Crippen molar-refractivity contribution in [1.29, 1.82) is 0 Å². The highest BCUT2D eigenvalue weighted by atomic mass is 16.5. The molecule has 1 atom stereocenters. The number of nitrogens with one attached hydrogen (secondary N) is 2. The number of rotatable bonds is 7. The molecule has 1 amide bonds. The molecule has 2 N–H and O–H groups in total. The van der Waals surface area contributed by atoms with Crippen molar-refractivity contribution in [2.75, 3.05) is 13.7 Å². The van der Waals surface area contributed by atoms with Gasteiger partial charge in [-0.2, -0.15) is 0 Å². The Bertz CT molecular complexity index is 275. The van der Waals surface area contributed by atoms with Crippen LogP contribution in [-0.2, 0) is 14.3 Å². The number of methoxy groups -OCH3 is 1. The highest BCUT2D eigenvalue weighted by Gasteiger charge is 2.24. The van der Waals surface area contributed by atoms with Crippen LogP contribution in [0.15, 0.2) is 0 Å². The molecular formula is C12H22N2O3. The molecule has 1 unspecified atom stereocenters. The van der Waals surface area contributed by atoms with E-state index in [1.54, 1.807) is 0 Å². The van der Waals surface area contributed by atoms with Crippen molar-refractivity contribution in [2.45, 2.75) is 45.2 Å². The van der Waals surface area contributed by atoms with E-state index in [0.717, 1.165) is 12.8 Å². The lowest BCUT2D eigenvalue weighted by atomic mass is 10.0. The number of hydrogen-bond acceptors (Lipinski definition) is 4. The summed E-state index contributed by atoms with van der Waals surface area (Å²) >= 11 is 0. The summed E-state index contributed by atoms with van der Waals surface area (Å²) in [6.45, 7) is 4.38. The van der Waals surface area contributed by atoms with Gasteiger partial charge in [-0.15, -0.1) is 0 Å². The Balaban J connectivity index is 2.21. The van der Waals surface area contributed by atoms with Crippen molar-refractivity contribution >= 4 is 11.9 Å². The van der Waals surface area contributed by atoms with Crippen molar-refractivity contribution in [1.82, 2.24) is 10.6 Å². The molecule has 0 bridgehead atoms. The molecule has 0 heterocycles. The van der Waals surface area contributed by atoms with Gasteiger partial charge in [0.25, 0.3) is 0 Å². The van der Waals surface area contributed by atoms with Gasteiger partial charge >= 0.3 is 5.97 Å². The van der Waals surface area contributed by atoms with Crippen LogP contribution in [0.5, 0.6) is 0 Å². The monoisotopic (exact) mass is 242 g/mol. The van der Waals surface area contributed by atoms with Gasteiger partial charge in [-0.05, 0) is 18.8 Å². The fraction of sp³-hybridized carbons (Fsp3) is 0.833. The van der Waals surface area contributed by atoms with Crippen LogP contribution in [-0.4, -0.2) is 37.6 Å². The van der Waals surface area contributed by atoms with E-state index in [4.69, 9.17) is 4.74 Å². The molecule has 0 aromatic carbocycles. The molecular weight excluding hydrogens is 220 g/mol. The summed E-state index contributed by atoms with van der Waals surface area (Å²) in [7, 11) is 1.37. The lowest BCUT2D eigenvalue weighted by molar-refractivity contribution is -0.144. The summed E-state index contributed by atoms with van der Waals surface area (Å²) in [4.78, 5) is 22.8. The normalized spacial score (nSPS) is 16.7. The van der Waals surface area contributed by atoms with Crippen molar-refractivity contribution in [3.8, 4) is 0 Å². The fourth-order valence-corrected chi connectivity index (χ4v) is 1.59. The van der Waals surface area contributed by atoms with E-state index in [2.05, 4.69) is 10.6 Å². The largest absolute Gasteiger partial charge is 0.468 e. The number of carbonyl (C=O) groups is 2. The van der Waals surface area contributed by atoms with Crippen LogP contribution in [0.1, 0.15) is 33.1 Å². The van der Waals surface area contributed by atoms with Crippen LogP contribution in [0.25, 0.3) is 0 Å². The molecule has 0 saturated heterocycles. The molecule has 1 fully saturated rings. The number of esters is 1. The lowest BCUT2D eigenvalue weighted by Gasteiger charge is -2.19. The average Bonchev–Trinajstić information content (AvgIpc) is 3.06. The van der Waals surface area contributed by atoms with Crippen LogP contribution in [0.4, 0.5) is 0 Å². The van der Waals surface area contributed by atoms with Crippen LogP contribution in [0, 0.1) is 5.92 Å². The van der Waals surface area contributed by atoms with E-state index in [1.807, 2.05) is 13.8 Å². The van der Waals surface area contributed by atoms with Gasteiger partial charge in [-0.1, -0.05) is 13.8 Å². The lowest BCUT2D eigenvalue weighted by Crippen LogP contribution is -2.43. The molecule has 0 aliphatic heterocycles. The first-order valence-corrected chi connectivity index (χ1v) is 6.15. The molecule has 0 aromatic heterocycles. The topological polar surface area (TPSA) is 67.4 Å². The number of carbonyl (C=O) groups excluding carboxylic acids is 2. The zero-order valence-corrected chi connectivity index (χ0v) is 10.8. The maximum atomic E-state index is 11.4. The van der Waals surface area contributed by atoms with Crippen LogP contribution in [0.2, 0.25) is 0 Å². The first kappa shape index (κ1) is 14.0. The van der Waals surface area contributed by atoms with Gasteiger partial charge in [0.2, 0.25) is 5.91 Å².